The van der Waals surface area contributed by atoms with Crippen molar-refractivity contribution in [3.05, 3.63) is 101 Å². The summed E-state index contributed by atoms with van der Waals surface area (Å²) in [5.74, 6) is 0.657. The van der Waals surface area contributed by atoms with E-state index in [1.165, 1.54) is 5.19 Å². The average molecular weight is 631 g/mol. The standard InChI is InChI=1S/C34H39ClN4O4Si/c1-23-32(44(3,4)28-13-11-27(42-2)12-14-28)31(16-18-38-22-26(17-19-40)36-37-38)43-34(23)29-20-25(35)10-15-30(29)39(33(34)41)21-24-8-6-5-7-9-24/h5-15,20,22-23,31-32,40H,16-19,21H2,1-4H3/t23-,31+,32-,34+/m1/s1. The Hall–Kier alpha value is -3.50. The van der Waals surface area contributed by atoms with Crippen LogP contribution in [-0.2, 0) is 34.6 Å². The lowest BCUT2D eigenvalue weighted by Crippen LogP contribution is -2.51. The van der Waals surface area contributed by atoms with Gasteiger partial charge in [-0.15, -0.1) is 5.10 Å². The fourth-order valence-electron chi connectivity index (χ4n) is 7.42. The van der Waals surface area contributed by atoms with Gasteiger partial charge in [0.15, 0.2) is 5.60 Å². The molecule has 1 amide bonds. The van der Waals surface area contributed by atoms with Crippen LogP contribution in [0.3, 0.4) is 0 Å². The SMILES string of the molecule is COc1ccc([Si](C)(C)[C@H]2[C@H](CCn3cc(CCO)nn3)O[C@@]3(C(=O)N(Cc4ccccc4)c4ccc(Cl)cc43)[C@@H]2C)cc1. The molecule has 2 aliphatic heterocycles. The third-order valence-corrected chi connectivity index (χ3v) is 14.2. The van der Waals surface area contributed by atoms with E-state index in [1.807, 2.05) is 76.4 Å². The summed E-state index contributed by atoms with van der Waals surface area (Å²) in [6.07, 6.45) is 2.78. The summed E-state index contributed by atoms with van der Waals surface area (Å²) in [6, 6.07) is 24.2. The third-order valence-electron chi connectivity index (χ3n) is 9.58. The number of nitrogens with zero attached hydrogens (tertiary/aromatic N) is 4. The number of aryl methyl sites for hydroxylation is 1. The van der Waals surface area contributed by atoms with E-state index in [4.69, 9.17) is 21.1 Å². The van der Waals surface area contributed by atoms with Gasteiger partial charge in [0.1, 0.15) is 5.75 Å². The minimum absolute atomic E-state index is 0.0255. The second kappa shape index (κ2) is 12.1. The Labute approximate surface area is 264 Å². The van der Waals surface area contributed by atoms with E-state index in [9.17, 15) is 9.90 Å². The van der Waals surface area contributed by atoms with Gasteiger partial charge in [-0.2, -0.15) is 0 Å². The minimum atomic E-state index is -2.27. The molecule has 1 saturated heterocycles. The number of anilines is 1. The molecule has 10 heteroatoms. The van der Waals surface area contributed by atoms with Crippen LogP contribution in [0.2, 0.25) is 23.7 Å². The van der Waals surface area contributed by atoms with Crippen LogP contribution < -0.4 is 14.8 Å². The molecule has 0 aliphatic carbocycles. The highest BCUT2D eigenvalue weighted by molar-refractivity contribution is 6.91. The molecule has 1 N–H and O–H groups in total. The van der Waals surface area contributed by atoms with Gasteiger partial charge in [0.05, 0.1) is 39.2 Å². The highest BCUT2D eigenvalue weighted by Gasteiger charge is 2.66. The Bertz CT molecular complexity index is 1630. The number of amides is 1. The maximum atomic E-state index is 14.8. The van der Waals surface area contributed by atoms with Crippen molar-refractivity contribution in [3.8, 4) is 5.75 Å². The molecule has 6 rings (SSSR count). The number of rotatable bonds is 10. The van der Waals surface area contributed by atoms with Crippen LogP contribution in [0.5, 0.6) is 5.75 Å². The fourth-order valence-corrected chi connectivity index (χ4v) is 11.6. The molecule has 4 aromatic rings. The molecule has 8 nitrogen and oxygen atoms in total. The van der Waals surface area contributed by atoms with Crippen molar-refractivity contribution in [2.24, 2.45) is 5.92 Å². The molecule has 2 aliphatic rings. The molecule has 0 radical (unpaired) electrons. The Morgan fingerprint density at radius 3 is 2.55 bits per heavy atom. The number of aliphatic hydroxyl groups excluding tert-OH is 1. The normalized spacial score (nSPS) is 23.0. The van der Waals surface area contributed by atoms with Crippen molar-refractivity contribution in [1.29, 1.82) is 0 Å². The van der Waals surface area contributed by atoms with Crippen LogP contribution in [0.1, 0.15) is 30.2 Å². The molecule has 0 bridgehead atoms. The van der Waals surface area contributed by atoms with Gasteiger partial charge in [-0.3, -0.25) is 9.48 Å². The van der Waals surface area contributed by atoms with Gasteiger partial charge >= 0.3 is 0 Å². The topological polar surface area (TPSA) is 89.7 Å². The second-order valence-corrected chi connectivity index (χ2v) is 17.6. The van der Waals surface area contributed by atoms with Crippen LogP contribution in [0.25, 0.3) is 0 Å². The average Bonchev–Trinajstić information content (AvgIpc) is 3.67. The number of aromatic nitrogens is 3. The first-order valence-corrected chi connectivity index (χ1v) is 18.6. The van der Waals surface area contributed by atoms with Crippen LogP contribution >= 0.6 is 11.6 Å². The molecular weight excluding hydrogens is 592 g/mol. The summed E-state index contributed by atoms with van der Waals surface area (Å²) in [7, 11) is -0.594. The van der Waals surface area contributed by atoms with Crippen LogP contribution in [0, 0.1) is 5.92 Å². The van der Waals surface area contributed by atoms with Crippen molar-refractivity contribution in [3.63, 3.8) is 0 Å². The molecular formula is C34H39ClN4O4Si. The predicted molar refractivity (Wildman–Crippen MR) is 174 cm³/mol. The van der Waals surface area contributed by atoms with Crippen molar-refractivity contribution in [2.45, 2.75) is 63.2 Å². The van der Waals surface area contributed by atoms with Crippen molar-refractivity contribution in [1.82, 2.24) is 15.0 Å². The lowest BCUT2D eigenvalue weighted by atomic mass is 9.82. The summed E-state index contributed by atoms with van der Waals surface area (Å²) < 4.78 is 14.4. The lowest BCUT2D eigenvalue weighted by Gasteiger charge is -2.37. The van der Waals surface area contributed by atoms with Gasteiger partial charge in [0, 0.05) is 42.3 Å². The van der Waals surface area contributed by atoms with E-state index in [2.05, 4.69) is 42.5 Å². The van der Waals surface area contributed by atoms with Crippen LogP contribution in [-0.4, -0.2) is 53.9 Å². The number of fused-ring (bicyclic) bond motifs is 2. The second-order valence-electron chi connectivity index (χ2n) is 12.4. The zero-order valence-electron chi connectivity index (χ0n) is 25.6. The van der Waals surface area contributed by atoms with Crippen molar-refractivity contribution in [2.75, 3.05) is 18.6 Å². The molecule has 4 atom stereocenters. The van der Waals surface area contributed by atoms with Gasteiger partial charge in [-0.05, 0) is 47.9 Å². The Kier molecular flexibility index (Phi) is 8.41. The Morgan fingerprint density at radius 1 is 1.09 bits per heavy atom. The molecule has 0 unspecified atom stereocenters. The number of ether oxygens (including phenoxy) is 2. The summed E-state index contributed by atoms with van der Waals surface area (Å²) in [6.45, 7) is 8.00. The fraction of sp³-hybridized carbons (Fsp3) is 0.382. The van der Waals surface area contributed by atoms with E-state index in [1.54, 1.807) is 7.11 Å². The first-order chi connectivity index (χ1) is 21.2. The first-order valence-electron chi connectivity index (χ1n) is 15.2. The first kappa shape index (κ1) is 30.5. The highest BCUT2D eigenvalue weighted by Crippen LogP contribution is 2.60. The number of methoxy groups -OCH3 is 1. The van der Waals surface area contributed by atoms with E-state index in [0.29, 0.717) is 31.0 Å². The number of carbonyl (C=O) groups is 1. The molecule has 1 aromatic heterocycles. The molecule has 230 valence electrons. The molecule has 0 saturated carbocycles. The smallest absolute Gasteiger partial charge is 0.264 e. The quantitative estimate of drug-likeness (QED) is 0.238. The van der Waals surface area contributed by atoms with Gasteiger partial charge in [-0.25, -0.2) is 0 Å². The van der Waals surface area contributed by atoms with Gasteiger partial charge < -0.3 is 19.5 Å². The molecule has 3 heterocycles. The monoisotopic (exact) mass is 630 g/mol. The highest BCUT2D eigenvalue weighted by atomic mass is 35.5. The van der Waals surface area contributed by atoms with Gasteiger partial charge in [-0.1, -0.05) is 84.5 Å². The van der Waals surface area contributed by atoms with Crippen LogP contribution in [0.15, 0.2) is 79.0 Å². The number of benzene rings is 3. The van der Waals surface area contributed by atoms with E-state index < -0.39 is 13.7 Å². The van der Waals surface area contributed by atoms with E-state index in [0.717, 1.165) is 28.3 Å². The summed E-state index contributed by atoms with van der Waals surface area (Å²) in [4.78, 5) is 16.7. The molecule has 1 spiro atoms. The zero-order chi connectivity index (χ0) is 31.1. The number of hydrogen-bond donors (Lipinski definition) is 1. The molecule has 3 aromatic carbocycles. The minimum Gasteiger partial charge on any atom is -0.497 e. The molecule has 1 fully saturated rings. The predicted octanol–water partition coefficient (Wildman–Crippen LogP) is 5.33. The Morgan fingerprint density at radius 2 is 1.84 bits per heavy atom. The van der Waals surface area contributed by atoms with Gasteiger partial charge in [0.25, 0.3) is 5.91 Å². The summed E-state index contributed by atoms with van der Waals surface area (Å²) in [5.41, 5.74) is 2.44. The maximum absolute atomic E-state index is 14.8. The number of carbonyl (C=O) groups excluding carboxylic acids is 1. The Balaban J connectivity index is 1.42. The third kappa shape index (κ3) is 5.25. The maximum Gasteiger partial charge on any atom is 0.264 e. The number of aliphatic hydroxyl groups is 1. The zero-order valence-corrected chi connectivity index (χ0v) is 27.4. The number of halogens is 1. The number of hydrogen-bond acceptors (Lipinski definition) is 6. The van der Waals surface area contributed by atoms with Crippen molar-refractivity contribution >= 4 is 36.5 Å². The van der Waals surface area contributed by atoms with Crippen LogP contribution in [0.4, 0.5) is 5.69 Å². The largest absolute Gasteiger partial charge is 0.497 e. The lowest BCUT2D eigenvalue weighted by molar-refractivity contribution is -0.146. The summed E-state index contributed by atoms with van der Waals surface area (Å²) >= 11 is 6.62. The van der Waals surface area contributed by atoms with E-state index in [-0.39, 0.29) is 30.1 Å². The van der Waals surface area contributed by atoms with E-state index >= 15 is 0 Å². The van der Waals surface area contributed by atoms with Gasteiger partial charge in [0.2, 0.25) is 0 Å². The summed E-state index contributed by atoms with van der Waals surface area (Å²) in [5, 5.41) is 19.7. The van der Waals surface area contributed by atoms with Crippen molar-refractivity contribution < 1.29 is 19.4 Å². The molecule has 44 heavy (non-hydrogen) atoms.